The molecular formula is C17H26N2O2. The van der Waals surface area contributed by atoms with E-state index in [2.05, 4.69) is 29.7 Å². The van der Waals surface area contributed by atoms with Crippen molar-refractivity contribution in [3.05, 3.63) is 29.3 Å². The molecule has 0 fully saturated rings. The third-order valence-electron chi connectivity index (χ3n) is 3.85. The minimum absolute atomic E-state index is 0.0426. The Balaban J connectivity index is 1.96. The van der Waals surface area contributed by atoms with Gasteiger partial charge in [0.1, 0.15) is 5.75 Å². The van der Waals surface area contributed by atoms with Crippen LogP contribution < -0.4 is 15.4 Å². The summed E-state index contributed by atoms with van der Waals surface area (Å²) in [5.41, 5.74) is 2.78. The molecule has 1 amide bonds. The van der Waals surface area contributed by atoms with Crippen molar-refractivity contribution in [3.8, 4) is 5.75 Å². The third kappa shape index (κ3) is 4.46. The zero-order valence-corrected chi connectivity index (χ0v) is 13.1. The molecule has 4 heteroatoms. The van der Waals surface area contributed by atoms with Gasteiger partial charge in [0.15, 0.2) is 0 Å². The highest BCUT2D eigenvalue weighted by Gasteiger charge is 2.19. The monoisotopic (exact) mass is 290 g/mol. The Morgan fingerprint density at radius 3 is 2.95 bits per heavy atom. The summed E-state index contributed by atoms with van der Waals surface area (Å²) in [5.74, 6) is 0.906. The van der Waals surface area contributed by atoms with Crippen LogP contribution in [-0.2, 0) is 11.2 Å². The second kappa shape index (κ2) is 8.03. The van der Waals surface area contributed by atoms with Crippen LogP contribution in [0.5, 0.6) is 5.75 Å². The lowest BCUT2D eigenvalue weighted by Gasteiger charge is -2.26. The van der Waals surface area contributed by atoms with E-state index in [4.69, 9.17) is 4.74 Å². The molecule has 1 unspecified atom stereocenters. The van der Waals surface area contributed by atoms with E-state index in [0.717, 1.165) is 18.7 Å². The molecule has 1 aliphatic rings. The van der Waals surface area contributed by atoms with E-state index in [1.54, 1.807) is 0 Å². The highest BCUT2D eigenvalue weighted by Crippen LogP contribution is 2.32. The Labute approximate surface area is 127 Å². The van der Waals surface area contributed by atoms with Crippen molar-refractivity contribution in [2.24, 2.45) is 0 Å². The van der Waals surface area contributed by atoms with Gasteiger partial charge in [-0.1, -0.05) is 13.0 Å². The number of ether oxygens (including phenoxy) is 1. The summed E-state index contributed by atoms with van der Waals surface area (Å²) >= 11 is 0. The molecule has 0 saturated heterocycles. The van der Waals surface area contributed by atoms with Crippen molar-refractivity contribution in [3.63, 3.8) is 0 Å². The first-order valence-corrected chi connectivity index (χ1v) is 8.00. The van der Waals surface area contributed by atoms with Crippen LogP contribution in [-0.4, -0.2) is 25.6 Å². The molecular weight excluding hydrogens is 264 g/mol. The lowest BCUT2D eigenvalue weighted by Crippen LogP contribution is -2.25. The smallest absolute Gasteiger partial charge is 0.223 e. The van der Waals surface area contributed by atoms with Crippen molar-refractivity contribution in [2.45, 2.75) is 45.6 Å². The van der Waals surface area contributed by atoms with Gasteiger partial charge in [-0.05, 0) is 56.0 Å². The van der Waals surface area contributed by atoms with Crippen molar-refractivity contribution in [2.75, 3.05) is 19.7 Å². The Hall–Kier alpha value is -1.55. The van der Waals surface area contributed by atoms with Crippen molar-refractivity contribution in [1.29, 1.82) is 0 Å². The standard InChI is InChI=1S/C17H26N2O2/c1-3-18-16-7-5-6-13-8-9-14(12-15(13)16)21-11-10-17(20)19-4-2/h8-9,12,16,18H,3-7,10-11H2,1-2H3,(H,19,20). The number of amides is 1. The van der Waals surface area contributed by atoms with E-state index in [1.165, 1.54) is 24.0 Å². The summed E-state index contributed by atoms with van der Waals surface area (Å²) in [4.78, 5) is 11.4. The number of rotatable bonds is 7. The number of aryl methyl sites for hydroxylation is 1. The highest BCUT2D eigenvalue weighted by atomic mass is 16.5. The van der Waals surface area contributed by atoms with E-state index in [0.29, 0.717) is 25.6 Å². The van der Waals surface area contributed by atoms with Gasteiger partial charge in [0.25, 0.3) is 0 Å². The summed E-state index contributed by atoms with van der Waals surface area (Å²) in [6.45, 7) is 6.13. The lowest BCUT2D eigenvalue weighted by atomic mass is 9.87. The molecule has 0 bridgehead atoms. The van der Waals surface area contributed by atoms with Crippen LogP contribution in [0.25, 0.3) is 0 Å². The molecule has 0 radical (unpaired) electrons. The zero-order chi connectivity index (χ0) is 15.1. The Morgan fingerprint density at radius 2 is 2.19 bits per heavy atom. The first-order chi connectivity index (χ1) is 10.2. The predicted octanol–water partition coefficient (Wildman–Crippen LogP) is 2.58. The highest BCUT2D eigenvalue weighted by molar-refractivity contribution is 5.75. The predicted molar refractivity (Wildman–Crippen MR) is 84.6 cm³/mol. The number of hydrogen-bond acceptors (Lipinski definition) is 3. The molecule has 1 aromatic rings. The lowest BCUT2D eigenvalue weighted by molar-refractivity contribution is -0.121. The third-order valence-corrected chi connectivity index (χ3v) is 3.85. The second-order valence-electron chi connectivity index (χ2n) is 5.42. The minimum Gasteiger partial charge on any atom is -0.493 e. The molecule has 1 atom stereocenters. The van der Waals surface area contributed by atoms with Crippen LogP contribution >= 0.6 is 0 Å². The SMILES string of the molecule is CCNC(=O)CCOc1ccc2c(c1)C(NCC)CCC2. The Bertz CT molecular complexity index is 474. The van der Waals surface area contributed by atoms with Gasteiger partial charge in [-0.2, -0.15) is 0 Å². The first-order valence-electron chi connectivity index (χ1n) is 8.00. The fourth-order valence-electron chi connectivity index (χ4n) is 2.87. The number of nitrogens with one attached hydrogen (secondary N) is 2. The molecule has 0 saturated carbocycles. The van der Waals surface area contributed by atoms with Gasteiger partial charge in [0.2, 0.25) is 5.91 Å². The van der Waals surface area contributed by atoms with Crippen LogP contribution in [0.4, 0.5) is 0 Å². The van der Waals surface area contributed by atoms with Crippen LogP contribution in [0.1, 0.15) is 50.3 Å². The molecule has 1 aromatic carbocycles. The van der Waals surface area contributed by atoms with Gasteiger partial charge in [0, 0.05) is 12.6 Å². The zero-order valence-electron chi connectivity index (χ0n) is 13.1. The number of hydrogen-bond donors (Lipinski definition) is 2. The maximum absolute atomic E-state index is 11.4. The van der Waals surface area contributed by atoms with Crippen LogP contribution in [0.2, 0.25) is 0 Å². The van der Waals surface area contributed by atoms with Gasteiger partial charge in [-0.25, -0.2) is 0 Å². The average Bonchev–Trinajstić information content (AvgIpc) is 2.48. The van der Waals surface area contributed by atoms with Crippen molar-refractivity contribution in [1.82, 2.24) is 10.6 Å². The maximum atomic E-state index is 11.4. The molecule has 2 rings (SSSR count). The molecule has 2 N–H and O–H groups in total. The minimum atomic E-state index is 0.0426. The van der Waals surface area contributed by atoms with Crippen LogP contribution in [0, 0.1) is 0 Å². The normalized spacial score (nSPS) is 17.1. The van der Waals surface area contributed by atoms with E-state index in [9.17, 15) is 4.79 Å². The molecule has 0 aromatic heterocycles. The number of benzene rings is 1. The topological polar surface area (TPSA) is 50.4 Å². The van der Waals surface area contributed by atoms with Gasteiger partial charge < -0.3 is 15.4 Å². The van der Waals surface area contributed by atoms with Gasteiger partial charge in [-0.3, -0.25) is 4.79 Å². The molecule has 0 spiro atoms. The Kier molecular flexibility index (Phi) is 6.05. The van der Waals surface area contributed by atoms with Crippen molar-refractivity contribution >= 4 is 5.91 Å². The summed E-state index contributed by atoms with van der Waals surface area (Å²) in [6, 6.07) is 6.76. The summed E-state index contributed by atoms with van der Waals surface area (Å²) in [5, 5.41) is 6.32. The van der Waals surface area contributed by atoms with Gasteiger partial charge in [-0.15, -0.1) is 0 Å². The maximum Gasteiger partial charge on any atom is 0.223 e. The van der Waals surface area contributed by atoms with Crippen LogP contribution in [0.3, 0.4) is 0 Å². The van der Waals surface area contributed by atoms with E-state index < -0.39 is 0 Å². The van der Waals surface area contributed by atoms with Gasteiger partial charge >= 0.3 is 0 Å². The quantitative estimate of drug-likeness (QED) is 0.811. The molecule has 116 valence electrons. The van der Waals surface area contributed by atoms with E-state index in [1.807, 2.05) is 13.0 Å². The number of carbonyl (C=O) groups excluding carboxylic acids is 1. The summed E-state index contributed by atoms with van der Waals surface area (Å²) in [6.07, 6.45) is 3.98. The fourth-order valence-corrected chi connectivity index (χ4v) is 2.87. The second-order valence-corrected chi connectivity index (χ2v) is 5.42. The fraction of sp³-hybridized carbons (Fsp3) is 0.588. The first kappa shape index (κ1) is 15.8. The number of carbonyl (C=O) groups is 1. The van der Waals surface area contributed by atoms with Crippen molar-refractivity contribution < 1.29 is 9.53 Å². The Morgan fingerprint density at radius 1 is 1.33 bits per heavy atom. The van der Waals surface area contributed by atoms with Gasteiger partial charge in [0.05, 0.1) is 13.0 Å². The average molecular weight is 290 g/mol. The molecule has 0 aliphatic heterocycles. The largest absolute Gasteiger partial charge is 0.493 e. The number of fused-ring (bicyclic) bond motifs is 1. The molecule has 1 aliphatic carbocycles. The van der Waals surface area contributed by atoms with E-state index in [-0.39, 0.29) is 5.91 Å². The summed E-state index contributed by atoms with van der Waals surface area (Å²) in [7, 11) is 0. The summed E-state index contributed by atoms with van der Waals surface area (Å²) < 4.78 is 5.73. The molecule has 21 heavy (non-hydrogen) atoms. The van der Waals surface area contributed by atoms with Crippen LogP contribution in [0.15, 0.2) is 18.2 Å². The van der Waals surface area contributed by atoms with E-state index >= 15 is 0 Å². The molecule has 0 heterocycles. The molecule has 4 nitrogen and oxygen atoms in total.